The molecule has 2 saturated heterocycles. The number of hydrogen-bond donors (Lipinski definition) is 1. The Morgan fingerprint density at radius 1 is 1.25 bits per heavy atom. The van der Waals surface area contributed by atoms with E-state index in [4.69, 9.17) is 4.74 Å². The maximum Gasteiger partial charge on any atom is 0.254 e. The van der Waals surface area contributed by atoms with Crippen molar-refractivity contribution >= 4 is 11.8 Å². The highest BCUT2D eigenvalue weighted by Gasteiger charge is 2.51. The van der Waals surface area contributed by atoms with Gasteiger partial charge in [-0.2, -0.15) is 0 Å². The molecule has 1 unspecified atom stereocenters. The second kappa shape index (κ2) is 7.72. The van der Waals surface area contributed by atoms with Crippen LogP contribution in [0.2, 0.25) is 0 Å². The lowest BCUT2D eigenvalue weighted by Gasteiger charge is -2.47. The second-order valence-corrected chi connectivity index (χ2v) is 7.93. The summed E-state index contributed by atoms with van der Waals surface area (Å²) in [5.74, 6) is 0.291. The van der Waals surface area contributed by atoms with Gasteiger partial charge in [0.2, 0.25) is 5.91 Å². The van der Waals surface area contributed by atoms with Crippen LogP contribution < -0.4 is 5.32 Å². The van der Waals surface area contributed by atoms with Crippen LogP contribution in [-0.4, -0.2) is 47.0 Å². The highest BCUT2D eigenvalue weighted by molar-refractivity contribution is 5.95. The monoisotopic (exact) mass is 379 g/mol. The maximum atomic E-state index is 12.6. The third-order valence-corrected chi connectivity index (χ3v) is 5.51. The van der Waals surface area contributed by atoms with E-state index in [0.29, 0.717) is 32.7 Å². The molecule has 146 valence electrons. The number of benzene rings is 1. The van der Waals surface area contributed by atoms with E-state index in [2.05, 4.69) is 10.3 Å². The SMILES string of the molecule is Cc1cccc(C(=O)N2CC3(CC(CC(=O)NCc4ccncc4)CO3)C2)c1. The Balaban J connectivity index is 1.24. The number of nitrogens with one attached hydrogen (secondary N) is 1. The molecule has 2 aliphatic rings. The number of aromatic nitrogens is 1. The molecule has 0 aliphatic carbocycles. The number of amides is 2. The van der Waals surface area contributed by atoms with Crippen molar-refractivity contribution in [2.45, 2.75) is 31.9 Å². The van der Waals surface area contributed by atoms with Crippen molar-refractivity contribution < 1.29 is 14.3 Å². The van der Waals surface area contributed by atoms with Crippen LogP contribution in [-0.2, 0) is 16.1 Å². The molecule has 6 nitrogen and oxygen atoms in total. The molecule has 1 aromatic heterocycles. The summed E-state index contributed by atoms with van der Waals surface area (Å²) in [5, 5.41) is 2.96. The van der Waals surface area contributed by atoms with Crippen molar-refractivity contribution in [2.24, 2.45) is 5.92 Å². The third-order valence-electron chi connectivity index (χ3n) is 5.51. The molecule has 2 amide bonds. The first-order valence-electron chi connectivity index (χ1n) is 9.68. The van der Waals surface area contributed by atoms with Gasteiger partial charge in [-0.3, -0.25) is 14.6 Å². The Hall–Kier alpha value is -2.73. The fraction of sp³-hybridized carbons (Fsp3) is 0.409. The smallest absolute Gasteiger partial charge is 0.254 e. The van der Waals surface area contributed by atoms with E-state index >= 15 is 0 Å². The van der Waals surface area contributed by atoms with E-state index in [0.717, 1.165) is 23.1 Å². The molecule has 0 radical (unpaired) electrons. The zero-order valence-corrected chi connectivity index (χ0v) is 16.1. The predicted octanol–water partition coefficient (Wildman–Crippen LogP) is 2.33. The Morgan fingerprint density at radius 3 is 2.79 bits per heavy atom. The van der Waals surface area contributed by atoms with Gasteiger partial charge in [0.15, 0.2) is 0 Å². The van der Waals surface area contributed by atoms with Crippen molar-refractivity contribution in [3.05, 3.63) is 65.5 Å². The van der Waals surface area contributed by atoms with Crippen molar-refractivity contribution in [1.29, 1.82) is 0 Å². The van der Waals surface area contributed by atoms with E-state index in [-0.39, 0.29) is 23.3 Å². The van der Waals surface area contributed by atoms with Gasteiger partial charge in [0, 0.05) is 30.9 Å². The van der Waals surface area contributed by atoms with Gasteiger partial charge in [-0.05, 0) is 49.1 Å². The lowest BCUT2D eigenvalue weighted by atomic mass is 9.85. The first-order chi connectivity index (χ1) is 13.5. The lowest BCUT2D eigenvalue weighted by molar-refractivity contribution is -0.122. The summed E-state index contributed by atoms with van der Waals surface area (Å²) in [4.78, 5) is 30.6. The summed E-state index contributed by atoms with van der Waals surface area (Å²) in [6.07, 6.45) is 4.72. The maximum absolute atomic E-state index is 12.6. The van der Waals surface area contributed by atoms with Crippen molar-refractivity contribution in [3.8, 4) is 0 Å². The van der Waals surface area contributed by atoms with E-state index in [1.165, 1.54) is 0 Å². The largest absolute Gasteiger partial charge is 0.371 e. The van der Waals surface area contributed by atoms with Gasteiger partial charge in [0.1, 0.15) is 5.60 Å². The molecule has 2 aliphatic heterocycles. The number of aryl methyl sites for hydroxylation is 1. The molecule has 1 spiro atoms. The van der Waals surface area contributed by atoms with Gasteiger partial charge in [-0.25, -0.2) is 0 Å². The van der Waals surface area contributed by atoms with E-state index in [1.807, 2.05) is 48.2 Å². The minimum atomic E-state index is -0.268. The van der Waals surface area contributed by atoms with Gasteiger partial charge >= 0.3 is 0 Å². The fourth-order valence-electron chi connectivity index (χ4n) is 4.08. The normalized spacial score (nSPS) is 20.0. The molecular formula is C22H25N3O3. The Bertz CT molecular complexity index is 862. The molecule has 28 heavy (non-hydrogen) atoms. The van der Waals surface area contributed by atoms with Crippen LogP contribution in [0.1, 0.15) is 34.3 Å². The van der Waals surface area contributed by atoms with Gasteiger partial charge in [-0.15, -0.1) is 0 Å². The van der Waals surface area contributed by atoms with E-state index in [9.17, 15) is 9.59 Å². The van der Waals surface area contributed by atoms with E-state index < -0.39 is 0 Å². The lowest BCUT2D eigenvalue weighted by Crippen LogP contribution is -2.63. The quantitative estimate of drug-likeness (QED) is 0.866. The summed E-state index contributed by atoms with van der Waals surface area (Å²) >= 11 is 0. The Kier molecular flexibility index (Phi) is 5.13. The molecule has 1 aromatic carbocycles. The molecule has 1 N–H and O–H groups in total. The summed E-state index contributed by atoms with van der Waals surface area (Å²) < 4.78 is 6.01. The average molecular weight is 379 g/mol. The zero-order valence-electron chi connectivity index (χ0n) is 16.1. The third kappa shape index (κ3) is 4.07. The number of hydrogen-bond acceptors (Lipinski definition) is 4. The predicted molar refractivity (Wildman–Crippen MR) is 105 cm³/mol. The van der Waals surface area contributed by atoms with Crippen LogP contribution >= 0.6 is 0 Å². The van der Waals surface area contributed by atoms with Crippen LogP contribution in [0.25, 0.3) is 0 Å². The fourth-order valence-corrected chi connectivity index (χ4v) is 4.08. The van der Waals surface area contributed by atoms with Gasteiger partial charge < -0.3 is 15.0 Å². The molecular weight excluding hydrogens is 354 g/mol. The molecule has 0 bridgehead atoms. The molecule has 4 rings (SSSR count). The number of likely N-dealkylation sites (tertiary alicyclic amines) is 1. The number of carbonyl (C=O) groups is 2. The second-order valence-electron chi connectivity index (χ2n) is 7.93. The highest BCUT2D eigenvalue weighted by Crippen LogP contribution is 2.39. The van der Waals surface area contributed by atoms with Crippen LogP contribution in [0.4, 0.5) is 0 Å². The van der Waals surface area contributed by atoms with Crippen molar-refractivity contribution in [2.75, 3.05) is 19.7 Å². The van der Waals surface area contributed by atoms with Gasteiger partial charge in [0.25, 0.3) is 5.91 Å². The number of ether oxygens (including phenoxy) is 1. The van der Waals surface area contributed by atoms with Gasteiger partial charge in [0.05, 0.1) is 19.7 Å². The molecule has 2 aromatic rings. The molecule has 3 heterocycles. The first kappa shape index (κ1) is 18.6. The number of rotatable bonds is 5. The van der Waals surface area contributed by atoms with Crippen LogP contribution in [0.3, 0.4) is 0 Å². The summed E-state index contributed by atoms with van der Waals surface area (Å²) in [5.41, 5.74) is 2.57. The summed E-state index contributed by atoms with van der Waals surface area (Å²) in [6, 6.07) is 11.4. The van der Waals surface area contributed by atoms with Crippen molar-refractivity contribution in [3.63, 3.8) is 0 Å². The number of nitrogens with zero attached hydrogens (tertiary/aromatic N) is 2. The number of carbonyl (C=O) groups excluding carboxylic acids is 2. The molecule has 6 heteroatoms. The Labute approximate surface area is 164 Å². The highest BCUT2D eigenvalue weighted by atomic mass is 16.5. The van der Waals surface area contributed by atoms with Crippen molar-refractivity contribution in [1.82, 2.24) is 15.2 Å². The minimum absolute atomic E-state index is 0.0366. The Morgan fingerprint density at radius 2 is 2.04 bits per heavy atom. The van der Waals surface area contributed by atoms with E-state index in [1.54, 1.807) is 12.4 Å². The molecule has 1 atom stereocenters. The first-order valence-corrected chi connectivity index (χ1v) is 9.68. The topological polar surface area (TPSA) is 71.5 Å². The standard InChI is InChI=1S/C22H25N3O3/c1-16-3-2-4-19(9-16)21(27)25-14-22(15-25)11-18(13-28-22)10-20(26)24-12-17-5-7-23-8-6-17/h2-9,18H,10-15H2,1H3,(H,24,26). The zero-order chi connectivity index (χ0) is 19.6. The van der Waals surface area contributed by atoms with Crippen LogP contribution in [0, 0.1) is 12.8 Å². The summed E-state index contributed by atoms with van der Waals surface area (Å²) in [7, 11) is 0. The number of pyridine rings is 1. The summed E-state index contributed by atoms with van der Waals surface area (Å²) in [6.45, 7) is 4.29. The molecule has 0 saturated carbocycles. The van der Waals surface area contributed by atoms with Gasteiger partial charge in [-0.1, -0.05) is 17.7 Å². The minimum Gasteiger partial charge on any atom is -0.371 e. The average Bonchev–Trinajstić information content (AvgIpc) is 3.09. The molecule has 2 fully saturated rings. The van der Waals surface area contributed by atoms with Crippen LogP contribution in [0.5, 0.6) is 0 Å². The van der Waals surface area contributed by atoms with Crippen LogP contribution in [0.15, 0.2) is 48.8 Å².